The van der Waals surface area contributed by atoms with E-state index in [1.54, 1.807) is 11.3 Å². The quantitative estimate of drug-likeness (QED) is 0.593. The average Bonchev–Trinajstić information content (AvgIpc) is 3.14. The maximum atomic E-state index is 12.3. The number of hydrogen-bond acceptors (Lipinski definition) is 4. The molecule has 0 aliphatic carbocycles. The number of rotatable bonds is 2. The molecule has 0 saturated heterocycles. The van der Waals surface area contributed by atoms with Gasteiger partial charge in [-0.2, -0.15) is 0 Å². The molecule has 0 saturated carbocycles. The van der Waals surface area contributed by atoms with Crippen LogP contribution in [0.5, 0.6) is 0 Å². The summed E-state index contributed by atoms with van der Waals surface area (Å²) in [7, 11) is 0. The lowest BCUT2D eigenvalue weighted by Crippen LogP contribution is -2.19. The molecule has 124 valence electrons. The van der Waals surface area contributed by atoms with Gasteiger partial charge in [0, 0.05) is 6.08 Å². The van der Waals surface area contributed by atoms with Gasteiger partial charge in [-0.3, -0.25) is 4.79 Å². The summed E-state index contributed by atoms with van der Waals surface area (Å²) in [6.07, 6.45) is 3.90. The molecule has 0 amide bonds. The average molecular weight is 364 g/mol. The number of hydrogen-bond donors (Lipinski definition) is 1. The van der Waals surface area contributed by atoms with Gasteiger partial charge in [0.2, 0.25) is 0 Å². The highest BCUT2D eigenvalue weighted by Gasteiger charge is 2.02. The Kier molecular flexibility index (Phi) is 4.11. The second-order valence-corrected chi connectivity index (χ2v) is 8.10. The largest absolute Gasteiger partial charge is 0.313 e. The molecular weight excluding hydrogens is 348 g/mol. The molecule has 25 heavy (non-hydrogen) atoms. The molecule has 0 fully saturated rings. The van der Waals surface area contributed by atoms with Crippen LogP contribution in [0.3, 0.4) is 0 Å². The maximum absolute atomic E-state index is 12.3. The Balaban J connectivity index is 1.81. The molecule has 0 bridgehead atoms. The van der Waals surface area contributed by atoms with Crippen molar-refractivity contribution in [2.75, 3.05) is 0 Å². The van der Waals surface area contributed by atoms with E-state index >= 15 is 0 Å². The standard InChI is InChI=1S/C20H16N2OS2/c1-12-7-8-13(2)14(9-12)10-17-20(23)22-19(25-17)11-18-21-15-5-3-4-6-16(15)24-18/h3-11H,1-2H3,(H,22,23)/b17-10-,19-11+. The van der Waals surface area contributed by atoms with E-state index in [-0.39, 0.29) is 5.56 Å². The number of H-pyrrole nitrogens is 1. The summed E-state index contributed by atoms with van der Waals surface area (Å²) >= 11 is 3.08. The molecule has 1 N–H and O–H groups in total. The minimum absolute atomic E-state index is 0.0572. The summed E-state index contributed by atoms with van der Waals surface area (Å²) in [5, 5.41) is 0.900. The lowest BCUT2D eigenvalue weighted by Gasteiger charge is -2.00. The van der Waals surface area contributed by atoms with Gasteiger partial charge < -0.3 is 4.98 Å². The molecule has 0 spiro atoms. The van der Waals surface area contributed by atoms with Crippen molar-refractivity contribution in [3.63, 3.8) is 0 Å². The molecule has 0 atom stereocenters. The molecule has 0 radical (unpaired) electrons. The fourth-order valence-electron chi connectivity index (χ4n) is 2.64. The molecule has 0 unspecified atom stereocenters. The number of fused-ring (bicyclic) bond motifs is 1. The van der Waals surface area contributed by atoms with E-state index in [9.17, 15) is 4.79 Å². The molecular formula is C20H16N2OS2. The minimum Gasteiger partial charge on any atom is -0.313 e. The van der Waals surface area contributed by atoms with Crippen molar-refractivity contribution in [1.82, 2.24) is 9.97 Å². The van der Waals surface area contributed by atoms with E-state index in [4.69, 9.17) is 0 Å². The van der Waals surface area contributed by atoms with E-state index in [1.807, 2.05) is 30.4 Å². The topological polar surface area (TPSA) is 45.8 Å². The summed E-state index contributed by atoms with van der Waals surface area (Å²) in [4.78, 5) is 19.8. The van der Waals surface area contributed by atoms with E-state index in [0.29, 0.717) is 4.53 Å². The zero-order chi connectivity index (χ0) is 17.4. The fourth-order valence-corrected chi connectivity index (χ4v) is 4.51. The van der Waals surface area contributed by atoms with Crippen molar-refractivity contribution >= 4 is 45.0 Å². The van der Waals surface area contributed by atoms with Crippen LogP contribution in [0, 0.1) is 13.8 Å². The highest BCUT2D eigenvalue weighted by molar-refractivity contribution is 7.19. The Labute approximate surface area is 152 Å². The Morgan fingerprint density at radius 3 is 2.72 bits per heavy atom. The van der Waals surface area contributed by atoms with Gasteiger partial charge >= 0.3 is 0 Å². The number of aromatic amines is 1. The van der Waals surface area contributed by atoms with Gasteiger partial charge in [0.25, 0.3) is 5.56 Å². The van der Waals surface area contributed by atoms with Gasteiger partial charge in [0.1, 0.15) is 5.01 Å². The number of nitrogens with zero attached hydrogens (tertiary/aromatic N) is 1. The molecule has 4 rings (SSSR count). The summed E-state index contributed by atoms with van der Waals surface area (Å²) in [5.41, 5.74) is 4.36. The van der Waals surface area contributed by atoms with Gasteiger partial charge in [-0.25, -0.2) is 4.98 Å². The second-order valence-electron chi connectivity index (χ2n) is 5.95. The Morgan fingerprint density at radius 2 is 1.88 bits per heavy atom. The van der Waals surface area contributed by atoms with E-state index in [2.05, 4.69) is 48.1 Å². The van der Waals surface area contributed by atoms with E-state index in [1.165, 1.54) is 16.9 Å². The summed E-state index contributed by atoms with van der Waals surface area (Å²) in [5.74, 6) is 0. The minimum atomic E-state index is -0.0572. The SMILES string of the molecule is Cc1ccc(C)c(/C=c2\s/c(=C/c3nc4ccccc4s3)[nH]c2=O)c1. The molecule has 5 heteroatoms. The monoisotopic (exact) mass is 364 g/mol. The maximum Gasteiger partial charge on any atom is 0.266 e. The molecule has 2 aromatic carbocycles. The molecule has 2 heterocycles. The Bertz CT molecular complexity index is 1210. The van der Waals surface area contributed by atoms with Crippen LogP contribution in [-0.2, 0) is 0 Å². The Morgan fingerprint density at radius 1 is 1.04 bits per heavy atom. The van der Waals surface area contributed by atoms with Crippen LogP contribution in [0.25, 0.3) is 22.4 Å². The van der Waals surface area contributed by atoms with Crippen molar-refractivity contribution in [1.29, 1.82) is 0 Å². The van der Waals surface area contributed by atoms with Gasteiger partial charge in [-0.15, -0.1) is 22.7 Å². The zero-order valence-electron chi connectivity index (χ0n) is 13.9. The third-order valence-corrected chi connectivity index (χ3v) is 5.91. The lowest BCUT2D eigenvalue weighted by molar-refractivity contribution is 1.25. The summed E-state index contributed by atoms with van der Waals surface area (Å²) < 4.78 is 2.68. The van der Waals surface area contributed by atoms with Crippen molar-refractivity contribution in [2.45, 2.75) is 13.8 Å². The first-order valence-corrected chi connectivity index (χ1v) is 9.57. The normalized spacial score (nSPS) is 13.0. The predicted octanol–water partition coefficient (Wildman–Crippen LogP) is 3.32. The van der Waals surface area contributed by atoms with Crippen molar-refractivity contribution in [3.05, 3.63) is 83.7 Å². The number of aryl methyl sites for hydroxylation is 2. The van der Waals surface area contributed by atoms with Crippen molar-refractivity contribution in [2.24, 2.45) is 0 Å². The van der Waals surface area contributed by atoms with Crippen molar-refractivity contribution in [3.8, 4) is 0 Å². The highest BCUT2D eigenvalue weighted by atomic mass is 32.1. The first-order chi connectivity index (χ1) is 12.1. The number of benzene rings is 2. The molecule has 0 aliphatic rings. The third kappa shape index (κ3) is 3.34. The van der Waals surface area contributed by atoms with Crippen LogP contribution in [0.4, 0.5) is 0 Å². The number of para-hydroxylation sites is 1. The molecule has 3 nitrogen and oxygen atoms in total. The molecule has 0 aliphatic heterocycles. The molecule has 4 aromatic rings. The van der Waals surface area contributed by atoms with E-state index in [0.717, 1.165) is 31.0 Å². The molecule has 2 aromatic heterocycles. The summed E-state index contributed by atoms with van der Waals surface area (Å²) in [6.45, 7) is 4.11. The number of nitrogens with one attached hydrogen (secondary N) is 1. The first-order valence-electron chi connectivity index (χ1n) is 7.94. The lowest BCUT2D eigenvalue weighted by atomic mass is 10.1. The second kappa shape index (κ2) is 6.43. The predicted molar refractivity (Wildman–Crippen MR) is 107 cm³/mol. The number of aromatic nitrogens is 2. The summed E-state index contributed by atoms with van der Waals surface area (Å²) in [6, 6.07) is 14.3. The zero-order valence-corrected chi connectivity index (χ0v) is 15.5. The van der Waals surface area contributed by atoms with Gasteiger partial charge in [0.05, 0.1) is 19.4 Å². The van der Waals surface area contributed by atoms with Crippen LogP contribution in [0.15, 0.2) is 47.3 Å². The van der Waals surface area contributed by atoms with Gasteiger partial charge in [-0.05, 0) is 43.2 Å². The van der Waals surface area contributed by atoms with Crippen LogP contribution in [0.2, 0.25) is 0 Å². The fraction of sp³-hybridized carbons (Fsp3) is 0.100. The number of thiazole rings is 2. The van der Waals surface area contributed by atoms with Crippen LogP contribution < -0.4 is 14.8 Å². The smallest absolute Gasteiger partial charge is 0.266 e. The highest BCUT2D eigenvalue weighted by Crippen LogP contribution is 2.21. The first kappa shape index (κ1) is 16.0. The van der Waals surface area contributed by atoms with Crippen LogP contribution >= 0.6 is 22.7 Å². The van der Waals surface area contributed by atoms with Gasteiger partial charge in [0.15, 0.2) is 0 Å². The van der Waals surface area contributed by atoms with Crippen LogP contribution in [0.1, 0.15) is 21.7 Å². The van der Waals surface area contributed by atoms with Gasteiger partial charge in [-0.1, -0.05) is 35.9 Å². The third-order valence-electron chi connectivity index (χ3n) is 3.97. The van der Waals surface area contributed by atoms with Crippen molar-refractivity contribution < 1.29 is 0 Å². The van der Waals surface area contributed by atoms with Crippen LogP contribution in [-0.4, -0.2) is 9.97 Å². The Hall–Kier alpha value is -2.50. The van der Waals surface area contributed by atoms with E-state index < -0.39 is 0 Å².